The van der Waals surface area contributed by atoms with E-state index in [2.05, 4.69) is 6.07 Å². The van der Waals surface area contributed by atoms with Crippen LogP contribution in [-0.2, 0) is 9.31 Å². The summed E-state index contributed by atoms with van der Waals surface area (Å²) in [6, 6.07) is 16.8. The summed E-state index contributed by atoms with van der Waals surface area (Å²) in [5.41, 5.74) is 1.29. The molecule has 1 unspecified atom stereocenters. The summed E-state index contributed by atoms with van der Waals surface area (Å²) in [7, 11) is -0.344. The van der Waals surface area contributed by atoms with Crippen molar-refractivity contribution >= 4 is 12.6 Å². The molecule has 0 spiro atoms. The van der Waals surface area contributed by atoms with Gasteiger partial charge in [0.25, 0.3) is 0 Å². The largest absolute Gasteiger partial charge is 0.494 e. The third-order valence-electron chi connectivity index (χ3n) is 4.09. The summed E-state index contributed by atoms with van der Waals surface area (Å²) in [5.74, 6) is 1.42. The number of benzene rings is 2. The highest BCUT2D eigenvalue weighted by Crippen LogP contribution is 2.27. The lowest BCUT2D eigenvalue weighted by molar-refractivity contribution is 0.0842. The highest BCUT2D eigenvalue weighted by Gasteiger charge is 2.43. The minimum atomic E-state index is -0.344. The third kappa shape index (κ3) is 3.39. The normalized spacial score (nSPS) is 19.4. The van der Waals surface area contributed by atoms with Crippen LogP contribution in [0.15, 0.2) is 48.5 Å². The van der Waals surface area contributed by atoms with Crippen LogP contribution in [-0.4, -0.2) is 18.8 Å². The van der Waals surface area contributed by atoms with Crippen LogP contribution in [0.5, 0.6) is 11.5 Å². The van der Waals surface area contributed by atoms with Crippen LogP contribution in [0.3, 0.4) is 0 Å². The molecule has 4 nitrogen and oxygen atoms in total. The van der Waals surface area contributed by atoms with E-state index in [4.69, 9.17) is 19.3 Å². The summed E-state index contributed by atoms with van der Waals surface area (Å²) in [4.78, 5) is 0. The Bertz CT molecular complexity index is 719. The van der Waals surface area contributed by atoms with Gasteiger partial charge in [-0.05, 0) is 62.6 Å². The molecular weight excluding hydrogens is 289 g/mol. The summed E-state index contributed by atoms with van der Waals surface area (Å²) in [6.45, 7) is 6.07. The van der Waals surface area contributed by atoms with Gasteiger partial charge in [-0.15, -0.1) is 0 Å². The van der Waals surface area contributed by atoms with Crippen molar-refractivity contribution in [2.75, 3.05) is 0 Å². The van der Waals surface area contributed by atoms with E-state index in [0.29, 0.717) is 11.3 Å². The highest BCUT2D eigenvalue weighted by atomic mass is 16.7. The number of nitriles is 1. The zero-order valence-electron chi connectivity index (χ0n) is 13.4. The van der Waals surface area contributed by atoms with Gasteiger partial charge >= 0.3 is 7.12 Å². The molecule has 1 aliphatic rings. The quantitative estimate of drug-likeness (QED) is 0.817. The van der Waals surface area contributed by atoms with Crippen LogP contribution in [0.2, 0.25) is 0 Å². The third-order valence-corrected chi connectivity index (χ3v) is 4.09. The van der Waals surface area contributed by atoms with E-state index in [-0.39, 0.29) is 18.8 Å². The molecule has 0 N–H and O–H groups in total. The molecule has 1 fully saturated rings. The van der Waals surface area contributed by atoms with Crippen LogP contribution in [0.1, 0.15) is 26.3 Å². The number of rotatable bonds is 3. The molecule has 0 aromatic heterocycles. The number of hydrogen-bond acceptors (Lipinski definition) is 4. The molecule has 1 aliphatic heterocycles. The van der Waals surface area contributed by atoms with Gasteiger partial charge in [-0.3, -0.25) is 0 Å². The van der Waals surface area contributed by atoms with Gasteiger partial charge in [-0.1, -0.05) is 12.1 Å². The van der Waals surface area contributed by atoms with Crippen molar-refractivity contribution in [3.8, 4) is 17.6 Å². The molecule has 5 heteroatoms. The van der Waals surface area contributed by atoms with E-state index in [1.165, 1.54) is 0 Å². The van der Waals surface area contributed by atoms with E-state index in [1.807, 2.05) is 45.0 Å². The molecule has 1 saturated heterocycles. The Morgan fingerprint density at radius 3 is 2.09 bits per heavy atom. The Balaban J connectivity index is 1.69. The summed E-state index contributed by atoms with van der Waals surface area (Å²) >= 11 is 0. The average Bonchev–Trinajstić information content (AvgIpc) is 2.82. The maximum atomic E-state index is 8.79. The van der Waals surface area contributed by atoms with Crippen LogP contribution < -0.4 is 10.2 Å². The molecule has 0 saturated carbocycles. The first-order valence-corrected chi connectivity index (χ1v) is 7.59. The maximum Gasteiger partial charge on any atom is 0.494 e. The van der Waals surface area contributed by atoms with Crippen LogP contribution >= 0.6 is 0 Å². The second kappa shape index (κ2) is 6.07. The van der Waals surface area contributed by atoms with E-state index in [0.717, 1.165) is 11.2 Å². The Morgan fingerprint density at radius 2 is 1.61 bits per heavy atom. The molecule has 1 heterocycles. The lowest BCUT2D eigenvalue weighted by Crippen LogP contribution is -2.34. The average molecular weight is 307 g/mol. The van der Waals surface area contributed by atoms with E-state index in [1.54, 1.807) is 24.3 Å². The van der Waals surface area contributed by atoms with Crippen LogP contribution in [0.4, 0.5) is 0 Å². The topological polar surface area (TPSA) is 51.5 Å². The van der Waals surface area contributed by atoms with Crippen molar-refractivity contribution in [3.05, 3.63) is 54.1 Å². The molecule has 0 amide bonds. The Morgan fingerprint density at radius 1 is 1.04 bits per heavy atom. The van der Waals surface area contributed by atoms with Crippen molar-refractivity contribution in [1.29, 1.82) is 5.26 Å². The Labute approximate surface area is 136 Å². The maximum absolute atomic E-state index is 8.79. The van der Waals surface area contributed by atoms with Gasteiger partial charge in [0.05, 0.1) is 23.3 Å². The molecule has 0 bridgehead atoms. The minimum absolute atomic E-state index is 0.0436. The second-order valence-electron chi connectivity index (χ2n) is 6.14. The molecule has 0 aliphatic carbocycles. The minimum Gasteiger partial charge on any atom is -0.457 e. The zero-order chi connectivity index (χ0) is 16.4. The fourth-order valence-electron chi connectivity index (χ4n) is 2.32. The van der Waals surface area contributed by atoms with Crippen molar-refractivity contribution in [2.45, 2.75) is 32.5 Å². The summed E-state index contributed by atoms with van der Waals surface area (Å²) in [5, 5.41) is 8.79. The van der Waals surface area contributed by atoms with Crippen LogP contribution in [0, 0.1) is 11.3 Å². The summed E-state index contributed by atoms with van der Waals surface area (Å²) in [6.07, 6.45) is 0.0436. The lowest BCUT2D eigenvalue weighted by atomic mass is 9.79. The van der Waals surface area contributed by atoms with Gasteiger partial charge in [0.15, 0.2) is 0 Å². The van der Waals surface area contributed by atoms with Gasteiger partial charge in [0.2, 0.25) is 0 Å². The summed E-state index contributed by atoms with van der Waals surface area (Å²) < 4.78 is 17.6. The van der Waals surface area contributed by atoms with Gasteiger partial charge < -0.3 is 14.0 Å². The van der Waals surface area contributed by atoms with Gasteiger partial charge in [-0.2, -0.15) is 5.26 Å². The first-order chi connectivity index (χ1) is 11.0. The van der Waals surface area contributed by atoms with E-state index < -0.39 is 0 Å². The van der Waals surface area contributed by atoms with Gasteiger partial charge in [0, 0.05) is 0 Å². The Kier molecular flexibility index (Phi) is 4.12. The van der Waals surface area contributed by atoms with Crippen molar-refractivity contribution in [2.24, 2.45) is 0 Å². The first-order valence-electron chi connectivity index (χ1n) is 7.59. The van der Waals surface area contributed by atoms with Gasteiger partial charge in [-0.25, -0.2) is 0 Å². The number of hydrogen-bond donors (Lipinski definition) is 0. The lowest BCUT2D eigenvalue weighted by Gasteiger charge is -2.21. The number of ether oxygens (including phenoxy) is 1. The van der Waals surface area contributed by atoms with Gasteiger partial charge in [0.1, 0.15) is 11.5 Å². The van der Waals surface area contributed by atoms with Crippen molar-refractivity contribution in [1.82, 2.24) is 0 Å². The monoisotopic (exact) mass is 307 g/mol. The van der Waals surface area contributed by atoms with Crippen molar-refractivity contribution < 1.29 is 14.0 Å². The molecular formula is C18H18BNO3. The predicted octanol–water partition coefficient (Wildman–Crippen LogP) is 3.26. The molecule has 3 rings (SSSR count). The van der Waals surface area contributed by atoms with E-state index >= 15 is 0 Å². The predicted molar refractivity (Wildman–Crippen MR) is 88.8 cm³/mol. The molecule has 0 radical (unpaired) electrons. The molecule has 116 valence electrons. The first kappa shape index (κ1) is 15.6. The van der Waals surface area contributed by atoms with E-state index in [9.17, 15) is 0 Å². The second-order valence-corrected chi connectivity index (χ2v) is 6.14. The van der Waals surface area contributed by atoms with Crippen molar-refractivity contribution in [3.63, 3.8) is 0 Å². The fraction of sp³-hybridized carbons (Fsp3) is 0.278. The molecule has 23 heavy (non-hydrogen) atoms. The fourth-order valence-corrected chi connectivity index (χ4v) is 2.32. The Hall–Kier alpha value is -2.29. The molecule has 1 atom stereocenters. The smallest absolute Gasteiger partial charge is 0.457 e. The van der Waals surface area contributed by atoms with Crippen LogP contribution in [0.25, 0.3) is 0 Å². The molecule has 2 aromatic carbocycles. The number of nitrogens with zero attached hydrogens (tertiary/aromatic N) is 1. The zero-order valence-corrected chi connectivity index (χ0v) is 13.4. The SMILES string of the molecule is CC1OB(c2ccc(Oc3ccc(C#N)cc3)cc2)OC1(C)C. The standard InChI is InChI=1S/C18H18BNO3/c1-13-18(2,3)23-19(22-13)15-6-10-17(11-7-15)21-16-8-4-14(12-20)5-9-16/h4-11,13H,1-3H3. The highest BCUT2D eigenvalue weighted by molar-refractivity contribution is 6.62. The molecule has 2 aromatic rings.